The summed E-state index contributed by atoms with van der Waals surface area (Å²) in [5.74, 6) is -0.109. The van der Waals surface area contributed by atoms with Crippen molar-refractivity contribution in [3.8, 4) is 0 Å². The number of rotatable bonds is 3. The molecule has 0 saturated heterocycles. The smallest absolute Gasteiger partial charge is 0.268 e. The van der Waals surface area contributed by atoms with Crippen LogP contribution < -0.4 is 5.32 Å². The van der Waals surface area contributed by atoms with Crippen LogP contribution in [0.5, 0.6) is 0 Å². The second kappa shape index (κ2) is 4.52. The zero-order valence-electron chi connectivity index (χ0n) is 8.70. The molecule has 0 saturated carbocycles. The Morgan fingerprint density at radius 1 is 1.69 bits per heavy atom. The standard InChI is InChI=1S/C10H11BrN4O/c1-15-5-7(11)2-9(15)10(16)13-4-8-3-12-6-14-8/h2-3,5-6H,4H2,1H3,(H,12,14)(H,13,16). The fourth-order valence-electron chi connectivity index (χ4n) is 1.40. The van der Waals surface area contributed by atoms with E-state index >= 15 is 0 Å². The lowest BCUT2D eigenvalue weighted by molar-refractivity contribution is 0.0942. The minimum Gasteiger partial charge on any atom is -0.347 e. The second-order valence-corrected chi connectivity index (χ2v) is 4.33. The van der Waals surface area contributed by atoms with Gasteiger partial charge in [-0.05, 0) is 22.0 Å². The van der Waals surface area contributed by atoms with Gasteiger partial charge in [0, 0.05) is 23.9 Å². The van der Waals surface area contributed by atoms with Gasteiger partial charge < -0.3 is 14.9 Å². The van der Waals surface area contributed by atoms with Crippen LogP contribution in [0, 0.1) is 0 Å². The third kappa shape index (κ3) is 2.33. The first-order chi connectivity index (χ1) is 7.66. The van der Waals surface area contributed by atoms with Crippen molar-refractivity contribution >= 4 is 21.8 Å². The van der Waals surface area contributed by atoms with E-state index in [1.165, 1.54) is 0 Å². The van der Waals surface area contributed by atoms with Gasteiger partial charge in [0.25, 0.3) is 5.91 Å². The molecule has 2 N–H and O–H groups in total. The largest absolute Gasteiger partial charge is 0.347 e. The monoisotopic (exact) mass is 282 g/mol. The van der Waals surface area contributed by atoms with Crippen molar-refractivity contribution < 1.29 is 4.79 Å². The van der Waals surface area contributed by atoms with E-state index in [2.05, 4.69) is 31.2 Å². The summed E-state index contributed by atoms with van der Waals surface area (Å²) in [5.41, 5.74) is 1.49. The molecule has 2 aromatic rings. The van der Waals surface area contributed by atoms with Crippen molar-refractivity contribution in [2.75, 3.05) is 0 Å². The molecule has 5 nitrogen and oxygen atoms in total. The van der Waals surface area contributed by atoms with E-state index in [9.17, 15) is 4.79 Å². The normalized spacial score (nSPS) is 10.4. The molecule has 0 aliphatic rings. The Morgan fingerprint density at radius 2 is 2.50 bits per heavy atom. The van der Waals surface area contributed by atoms with Gasteiger partial charge in [-0.15, -0.1) is 0 Å². The summed E-state index contributed by atoms with van der Waals surface area (Å²) in [6, 6.07) is 1.78. The van der Waals surface area contributed by atoms with Gasteiger partial charge in [-0.2, -0.15) is 0 Å². The molecule has 84 valence electrons. The van der Waals surface area contributed by atoms with E-state index in [0.717, 1.165) is 10.2 Å². The molecule has 0 fully saturated rings. The van der Waals surface area contributed by atoms with Crippen molar-refractivity contribution in [1.82, 2.24) is 19.9 Å². The molecule has 0 unspecified atom stereocenters. The zero-order valence-corrected chi connectivity index (χ0v) is 10.3. The van der Waals surface area contributed by atoms with Crippen LogP contribution in [0.2, 0.25) is 0 Å². The number of hydrogen-bond acceptors (Lipinski definition) is 2. The number of imidazole rings is 1. The first-order valence-electron chi connectivity index (χ1n) is 4.74. The third-order valence-electron chi connectivity index (χ3n) is 2.20. The fourth-order valence-corrected chi connectivity index (χ4v) is 1.92. The second-order valence-electron chi connectivity index (χ2n) is 3.41. The fraction of sp³-hybridized carbons (Fsp3) is 0.200. The van der Waals surface area contributed by atoms with Gasteiger partial charge in [0.2, 0.25) is 0 Å². The number of carbonyl (C=O) groups excluding carboxylic acids is 1. The van der Waals surface area contributed by atoms with Gasteiger partial charge in [0.05, 0.1) is 18.6 Å². The molecule has 2 heterocycles. The number of amides is 1. The highest BCUT2D eigenvalue weighted by atomic mass is 79.9. The van der Waals surface area contributed by atoms with Crippen LogP contribution in [0.3, 0.4) is 0 Å². The van der Waals surface area contributed by atoms with Crippen LogP contribution in [-0.4, -0.2) is 20.4 Å². The number of nitrogens with zero attached hydrogens (tertiary/aromatic N) is 2. The number of carbonyl (C=O) groups is 1. The molecule has 2 aromatic heterocycles. The summed E-state index contributed by atoms with van der Waals surface area (Å²) < 4.78 is 2.66. The molecule has 0 aliphatic heterocycles. The zero-order chi connectivity index (χ0) is 11.5. The molecule has 0 spiro atoms. The van der Waals surface area contributed by atoms with Gasteiger partial charge in [-0.25, -0.2) is 4.98 Å². The Labute approximate surface area is 101 Å². The predicted octanol–water partition coefficient (Wildman–Crippen LogP) is 1.44. The van der Waals surface area contributed by atoms with Crippen LogP contribution in [0.15, 0.2) is 29.3 Å². The minimum absolute atomic E-state index is 0.109. The van der Waals surface area contributed by atoms with E-state index in [1.807, 2.05) is 13.2 Å². The molecule has 0 radical (unpaired) electrons. The number of aromatic nitrogens is 3. The van der Waals surface area contributed by atoms with Crippen LogP contribution in [0.25, 0.3) is 0 Å². The highest BCUT2D eigenvalue weighted by molar-refractivity contribution is 9.10. The molecular weight excluding hydrogens is 272 g/mol. The molecule has 6 heteroatoms. The highest BCUT2D eigenvalue weighted by Gasteiger charge is 2.10. The average molecular weight is 283 g/mol. The number of aromatic amines is 1. The van der Waals surface area contributed by atoms with E-state index in [0.29, 0.717) is 12.2 Å². The van der Waals surface area contributed by atoms with E-state index in [4.69, 9.17) is 0 Å². The lowest BCUT2D eigenvalue weighted by Crippen LogP contribution is -2.24. The molecule has 0 atom stereocenters. The predicted molar refractivity (Wildman–Crippen MR) is 62.9 cm³/mol. The number of halogens is 1. The van der Waals surface area contributed by atoms with E-state index in [-0.39, 0.29) is 5.91 Å². The molecular formula is C10H11BrN4O. The number of hydrogen-bond donors (Lipinski definition) is 2. The minimum atomic E-state index is -0.109. The molecule has 16 heavy (non-hydrogen) atoms. The number of aryl methyl sites for hydroxylation is 1. The van der Waals surface area contributed by atoms with Crippen LogP contribution >= 0.6 is 15.9 Å². The lowest BCUT2D eigenvalue weighted by atomic mass is 10.4. The SMILES string of the molecule is Cn1cc(Br)cc1C(=O)NCc1cnc[nH]1. The van der Waals surface area contributed by atoms with Crippen LogP contribution in [-0.2, 0) is 13.6 Å². The maximum absolute atomic E-state index is 11.8. The Balaban J connectivity index is 2.01. The first-order valence-corrected chi connectivity index (χ1v) is 5.53. The van der Waals surface area contributed by atoms with Gasteiger partial charge in [0.1, 0.15) is 5.69 Å². The van der Waals surface area contributed by atoms with Gasteiger partial charge in [0.15, 0.2) is 0 Å². The number of nitrogens with one attached hydrogen (secondary N) is 2. The van der Waals surface area contributed by atoms with Crippen molar-refractivity contribution in [1.29, 1.82) is 0 Å². The highest BCUT2D eigenvalue weighted by Crippen LogP contribution is 2.13. The summed E-state index contributed by atoms with van der Waals surface area (Å²) >= 11 is 3.32. The van der Waals surface area contributed by atoms with E-state index < -0.39 is 0 Å². The number of H-pyrrole nitrogens is 1. The average Bonchev–Trinajstić information content (AvgIpc) is 2.84. The van der Waals surface area contributed by atoms with Crippen molar-refractivity contribution in [3.63, 3.8) is 0 Å². The third-order valence-corrected chi connectivity index (χ3v) is 2.63. The van der Waals surface area contributed by atoms with Gasteiger partial charge in [-0.1, -0.05) is 0 Å². The van der Waals surface area contributed by atoms with Gasteiger partial charge >= 0.3 is 0 Å². The first kappa shape index (κ1) is 10.9. The maximum Gasteiger partial charge on any atom is 0.268 e. The quantitative estimate of drug-likeness (QED) is 0.895. The van der Waals surface area contributed by atoms with Crippen LogP contribution in [0.1, 0.15) is 16.2 Å². The van der Waals surface area contributed by atoms with Crippen molar-refractivity contribution in [3.05, 3.63) is 40.6 Å². The Bertz CT molecular complexity index is 489. The maximum atomic E-state index is 11.8. The Morgan fingerprint density at radius 3 is 3.06 bits per heavy atom. The van der Waals surface area contributed by atoms with Crippen LogP contribution in [0.4, 0.5) is 0 Å². The Hall–Kier alpha value is -1.56. The van der Waals surface area contributed by atoms with Gasteiger partial charge in [-0.3, -0.25) is 4.79 Å². The van der Waals surface area contributed by atoms with E-state index in [1.54, 1.807) is 23.2 Å². The Kier molecular flexibility index (Phi) is 3.09. The molecule has 0 aliphatic carbocycles. The molecule has 0 aromatic carbocycles. The molecule has 1 amide bonds. The topological polar surface area (TPSA) is 62.7 Å². The molecule has 2 rings (SSSR count). The van der Waals surface area contributed by atoms with Crippen molar-refractivity contribution in [2.45, 2.75) is 6.54 Å². The molecule has 0 bridgehead atoms. The summed E-state index contributed by atoms with van der Waals surface area (Å²) in [6.45, 7) is 0.446. The summed E-state index contributed by atoms with van der Waals surface area (Å²) in [4.78, 5) is 18.6. The summed E-state index contributed by atoms with van der Waals surface area (Å²) in [6.07, 6.45) is 5.10. The summed E-state index contributed by atoms with van der Waals surface area (Å²) in [7, 11) is 1.83. The lowest BCUT2D eigenvalue weighted by Gasteiger charge is -2.04. The van der Waals surface area contributed by atoms with Crippen molar-refractivity contribution in [2.24, 2.45) is 7.05 Å². The summed E-state index contributed by atoms with van der Waals surface area (Å²) in [5, 5.41) is 2.80.